The van der Waals surface area contributed by atoms with Gasteiger partial charge in [0.25, 0.3) is 0 Å². The average molecular weight is 835 g/mol. The zero-order valence-electron chi connectivity index (χ0n) is 33.2. The smallest absolute Gasteiger partial charge is 0.0456 e. The Bertz CT molecular complexity index is 1860. The molecule has 0 atom stereocenters. The van der Waals surface area contributed by atoms with Crippen LogP contribution in [-0.4, -0.2) is 6.54 Å². The Labute approximate surface area is 338 Å². The van der Waals surface area contributed by atoms with E-state index in [1.54, 1.807) is 6.08 Å². The van der Waals surface area contributed by atoms with Gasteiger partial charge in [-0.1, -0.05) is 167 Å². The summed E-state index contributed by atoms with van der Waals surface area (Å²) in [4.78, 5) is 4.57. The fourth-order valence-corrected chi connectivity index (χ4v) is 6.38. The van der Waals surface area contributed by atoms with E-state index in [2.05, 4.69) is 236 Å². The molecule has 53 heavy (non-hydrogen) atoms. The molecule has 0 saturated heterocycles. The molecule has 0 amide bonds. The van der Waals surface area contributed by atoms with E-state index < -0.39 is 0 Å². The largest absolute Gasteiger partial charge is 0.338 e. The number of halogens is 2. The molecular formula is C49H58Br2N2. The highest BCUT2D eigenvalue weighted by molar-refractivity contribution is 9.12. The van der Waals surface area contributed by atoms with Crippen molar-refractivity contribution in [2.45, 2.75) is 74.1 Å². The van der Waals surface area contributed by atoms with Crippen molar-refractivity contribution >= 4 is 60.2 Å². The Morgan fingerprint density at radius 1 is 0.698 bits per heavy atom. The Hall–Kier alpha value is -4.12. The molecule has 0 spiro atoms. The summed E-state index contributed by atoms with van der Waals surface area (Å²) < 4.78 is 2.05. The molecule has 0 unspecified atom stereocenters. The van der Waals surface area contributed by atoms with Crippen LogP contribution < -0.4 is 9.80 Å². The number of benzene rings is 4. The second-order valence-electron chi connectivity index (χ2n) is 14.9. The number of hydrogen-bond acceptors (Lipinski definition) is 2. The van der Waals surface area contributed by atoms with Crippen LogP contribution in [0.25, 0.3) is 5.57 Å². The first-order valence-corrected chi connectivity index (χ1v) is 20.1. The van der Waals surface area contributed by atoms with E-state index in [-0.39, 0.29) is 10.8 Å². The maximum Gasteiger partial charge on any atom is 0.0456 e. The lowest BCUT2D eigenvalue weighted by molar-refractivity contribution is 0.411. The number of allylic oxidation sites excluding steroid dienone is 9. The molecule has 0 aliphatic rings. The first-order chi connectivity index (χ1) is 25.3. The second-order valence-corrected chi connectivity index (χ2v) is 16.7. The van der Waals surface area contributed by atoms with Crippen molar-refractivity contribution in [2.75, 3.05) is 16.3 Å². The summed E-state index contributed by atoms with van der Waals surface area (Å²) in [6.45, 7) is 24.2. The van der Waals surface area contributed by atoms with Crippen LogP contribution in [0.3, 0.4) is 0 Å². The van der Waals surface area contributed by atoms with Crippen molar-refractivity contribution in [1.82, 2.24) is 0 Å². The molecule has 0 aliphatic carbocycles. The minimum Gasteiger partial charge on any atom is -0.338 e. The molecule has 0 aromatic heterocycles. The maximum atomic E-state index is 3.81. The summed E-state index contributed by atoms with van der Waals surface area (Å²) in [5.74, 6) is 0. The van der Waals surface area contributed by atoms with Crippen molar-refractivity contribution in [3.63, 3.8) is 0 Å². The van der Waals surface area contributed by atoms with Gasteiger partial charge in [-0.3, -0.25) is 0 Å². The summed E-state index contributed by atoms with van der Waals surface area (Å²) >= 11 is 7.20. The van der Waals surface area contributed by atoms with Gasteiger partial charge in [0.1, 0.15) is 0 Å². The SMILES string of the molecule is C=C/C=C(Br)\C=C/CN(c1ccc(CC(C)(C)C)cc1)c1ccc(C(/C=C\C)=C/C=C/N(c2ccc(Br)cc2)c2ccc(C(C)(C)C)cc2)cc1.CC. The maximum absolute atomic E-state index is 3.81. The Kier molecular flexibility index (Phi) is 17.1. The van der Waals surface area contributed by atoms with E-state index in [0.29, 0.717) is 0 Å². The number of hydrogen-bond donors (Lipinski definition) is 0. The molecule has 2 nitrogen and oxygen atoms in total. The van der Waals surface area contributed by atoms with Gasteiger partial charge in [-0.05, 0) is 119 Å². The molecule has 0 radical (unpaired) electrons. The molecule has 0 fully saturated rings. The van der Waals surface area contributed by atoms with E-state index in [9.17, 15) is 0 Å². The van der Waals surface area contributed by atoms with Crippen molar-refractivity contribution in [2.24, 2.45) is 5.41 Å². The molecule has 0 bridgehead atoms. The van der Waals surface area contributed by atoms with Gasteiger partial charge < -0.3 is 9.80 Å². The zero-order chi connectivity index (χ0) is 39.0. The average Bonchev–Trinajstić information content (AvgIpc) is 3.13. The first kappa shape index (κ1) is 43.3. The van der Waals surface area contributed by atoms with Crippen molar-refractivity contribution in [3.05, 3.63) is 184 Å². The fraction of sp³-hybridized carbons (Fsp3) is 0.265. The molecule has 4 aromatic rings. The molecule has 4 aromatic carbocycles. The summed E-state index contributed by atoms with van der Waals surface area (Å²) in [6, 6.07) is 35.1. The number of anilines is 4. The molecule has 278 valence electrons. The third kappa shape index (κ3) is 14.0. The van der Waals surface area contributed by atoms with Gasteiger partial charge in [-0.15, -0.1) is 0 Å². The van der Waals surface area contributed by atoms with Crippen molar-refractivity contribution in [3.8, 4) is 0 Å². The number of rotatable bonds is 13. The van der Waals surface area contributed by atoms with Gasteiger partial charge in [-0.2, -0.15) is 0 Å². The van der Waals surface area contributed by atoms with Crippen LogP contribution in [0, 0.1) is 5.41 Å². The summed E-state index contributed by atoms with van der Waals surface area (Å²) in [5, 5.41) is 0. The zero-order valence-corrected chi connectivity index (χ0v) is 36.4. The van der Waals surface area contributed by atoms with Crippen LogP contribution >= 0.6 is 31.9 Å². The lowest BCUT2D eigenvalue weighted by atomic mass is 9.87. The third-order valence-corrected chi connectivity index (χ3v) is 9.37. The highest BCUT2D eigenvalue weighted by Gasteiger charge is 2.15. The van der Waals surface area contributed by atoms with Crippen molar-refractivity contribution in [1.29, 1.82) is 0 Å². The molecule has 0 aliphatic heterocycles. The van der Waals surface area contributed by atoms with E-state index in [1.807, 2.05) is 19.9 Å². The van der Waals surface area contributed by atoms with Gasteiger partial charge in [-0.25, -0.2) is 0 Å². The summed E-state index contributed by atoms with van der Waals surface area (Å²) in [5.41, 5.74) is 9.78. The molecule has 0 saturated carbocycles. The van der Waals surface area contributed by atoms with Gasteiger partial charge in [0, 0.05) is 44.4 Å². The molecule has 0 N–H and O–H groups in total. The highest BCUT2D eigenvalue weighted by Crippen LogP contribution is 2.32. The summed E-state index contributed by atoms with van der Waals surface area (Å²) in [6.07, 6.45) is 19.7. The van der Waals surface area contributed by atoms with Crippen LogP contribution in [0.15, 0.2) is 167 Å². The quantitative estimate of drug-likeness (QED) is 0.124. The highest BCUT2D eigenvalue weighted by atomic mass is 79.9. The topological polar surface area (TPSA) is 6.48 Å². The van der Waals surface area contributed by atoms with Crippen LogP contribution in [0.2, 0.25) is 0 Å². The van der Waals surface area contributed by atoms with Crippen LogP contribution in [0.1, 0.15) is 79.0 Å². The molecular weight excluding hydrogens is 776 g/mol. The Morgan fingerprint density at radius 3 is 1.74 bits per heavy atom. The fourth-order valence-electron chi connectivity index (χ4n) is 5.74. The number of nitrogens with zero attached hydrogens (tertiary/aromatic N) is 2. The molecule has 4 heteroatoms. The minimum atomic E-state index is 0.0980. The first-order valence-electron chi connectivity index (χ1n) is 18.6. The van der Waals surface area contributed by atoms with Gasteiger partial charge in [0.05, 0.1) is 0 Å². The standard InChI is InChI=1S/C47H52Br2N2.C2H6/c1-9-13-37(15-11-33-50(45-31-23-41(49)24-32-45)44-29-21-39(22-30-44)47(6,7)8)38-19-27-43(28-20-38)51(34-12-16-40(48)14-10-2)42-25-17-36(18-26-42)35-46(3,4)5;1-2/h9-33H,2,34-35H2,1,3-8H3;1-2H3/b13-9-,16-12-,33-11+,37-15+,40-14+;. The van der Waals surface area contributed by atoms with Gasteiger partial charge >= 0.3 is 0 Å². The normalized spacial score (nSPS) is 12.7. The van der Waals surface area contributed by atoms with Crippen LogP contribution in [0.5, 0.6) is 0 Å². The lowest BCUT2D eigenvalue weighted by Crippen LogP contribution is -2.17. The van der Waals surface area contributed by atoms with Crippen molar-refractivity contribution < 1.29 is 0 Å². The van der Waals surface area contributed by atoms with E-state index in [0.717, 1.165) is 55.8 Å². The predicted molar refractivity (Wildman–Crippen MR) is 244 cm³/mol. The Morgan fingerprint density at radius 2 is 1.23 bits per heavy atom. The minimum absolute atomic E-state index is 0.0980. The third-order valence-electron chi connectivity index (χ3n) is 8.31. The second kappa shape index (κ2) is 20.9. The van der Waals surface area contributed by atoms with Gasteiger partial charge in [0.15, 0.2) is 0 Å². The molecule has 0 heterocycles. The van der Waals surface area contributed by atoms with E-state index in [1.165, 1.54) is 11.1 Å². The monoisotopic (exact) mass is 832 g/mol. The lowest BCUT2D eigenvalue weighted by Gasteiger charge is -2.25. The van der Waals surface area contributed by atoms with Gasteiger partial charge in [0.2, 0.25) is 0 Å². The predicted octanol–water partition coefficient (Wildman–Crippen LogP) is 15.8. The molecule has 4 rings (SSSR count). The van der Waals surface area contributed by atoms with E-state index >= 15 is 0 Å². The summed E-state index contributed by atoms with van der Waals surface area (Å²) in [7, 11) is 0. The van der Waals surface area contributed by atoms with Crippen LogP contribution in [-0.2, 0) is 11.8 Å². The van der Waals surface area contributed by atoms with Crippen LogP contribution in [0.4, 0.5) is 22.7 Å². The Balaban J connectivity index is 0.00000372. The van der Waals surface area contributed by atoms with E-state index in [4.69, 9.17) is 0 Å².